The highest BCUT2D eigenvalue weighted by Crippen LogP contribution is 2.30. The third-order valence-corrected chi connectivity index (χ3v) is 8.09. The number of amides is 1. The number of sulfonamides is 1. The van der Waals surface area contributed by atoms with Gasteiger partial charge in [0.25, 0.3) is 0 Å². The van der Waals surface area contributed by atoms with Gasteiger partial charge in [0.1, 0.15) is 12.1 Å². The van der Waals surface area contributed by atoms with Crippen molar-refractivity contribution in [1.82, 2.24) is 9.21 Å². The van der Waals surface area contributed by atoms with Crippen LogP contribution in [0.5, 0.6) is 0 Å². The molecule has 1 heterocycles. The van der Waals surface area contributed by atoms with Gasteiger partial charge in [-0.25, -0.2) is 13.2 Å². The van der Waals surface area contributed by atoms with Gasteiger partial charge in [-0.05, 0) is 70.1 Å². The first-order chi connectivity index (χ1) is 18.0. The summed E-state index contributed by atoms with van der Waals surface area (Å²) in [5.41, 5.74) is 0.0298. The van der Waals surface area contributed by atoms with E-state index in [0.717, 1.165) is 23.6 Å². The van der Waals surface area contributed by atoms with Crippen LogP contribution in [0.25, 0.3) is 0 Å². The number of hydrogen-bond donors (Lipinski definition) is 1. The molecule has 0 spiro atoms. The molecule has 1 aliphatic heterocycles. The second kappa shape index (κ2) is 13.2. The zero-order valence-electron chi connectivity index (χ0n) is 22.3. The molecule has 2 aromatic carbocycles. The number of carboxylic acid groups (broad SMARTS) is 1. The van der Waals surface area contributed by atoms with Crippen molar-refractivity contribution in [3.8, 4) is 0 Å². The molecule has 10 heteroatoms. The molecular weight excluding hydrogens is 508 g/mol. The third kappa shape index (κ3) is 8.54. The Balaban J connectivity index is 1.64. The Kier molecular flexibility index (Phi) is 10.3. The van der Waals surface area contributed by atoms with Gasteiger partial charge in [0.05, 0.1) is 4.90 Å². The Labute approximate surface area is 225 Å². The maximum absolute atomic E-state index is 13.5. The monoisotopic (exact) mass is 546 g/mol. The van der Waals surface area contributed by atoms with E-state index in [-0.39, 0.29) is 17.6 Å². The Bertz CT molecular complexity index is 1140. The van der Waals surface area contributed by atoms with Crippen LogP contribution in [0, 0.1) is 5.92 Å². The van der Waals surface area contributed by atoms with Crippen molar-refractivity contribution in [3.05, 3.63) is 66.2 Å². The van der Waals surface area contributed by atoms with Crippen LogP contribution >= 0.6 is 0 Å². The number of nitrogens with zero attached hydrogens (tertiary/aromatic N) is 2. The van der Waals surface area contributed by atoms with Gasteiger partial charge in [0.2, 0.25) is 10.0 Å². The molecule has 1 aliphatic rings. The van der Waals surface area contributed by atoms with E-state index in [4.69, 9.17) is 9.47 Å². The number of piperidine rings is 1. The number of carboxylic acids is 1. The zero-order chi connectivity index (χ0) is 27.8. The highest BCUT2D eigenvalue weighted by Gasteiger charge is 2.35. The van der Waals surface area contributed by atoms with Gasteiger partial charge in [-0.15, -0.1) is 0 Å². The van der Waals surface area contributed by atoms with Crippen LogP contribution < -0.4 is 0 Å². The smallest absolute Gasteiger partial charge is 0.410 e. The Morgan fingerprint density at radius 1 is 1.03 bits per heavy atom. The van der Waals surface area contributed by atoms with E-state index in [1.54, 1.807) is 53.4 Å². The highest BCUT2D eigenvalue weighted by molar-refractivity contribution is 7.89. The molecule has 1 fully saturated rings. The highest BCUT2D eigenvalue weighted by atomic mass is 32.2. The quantitative estimate of drug-likeness (QED) is 0.315. The predicted octanol–water partition coefficient (Wildman–Crippen LogP) is 4.90. The third-order valence-electron chi connectivity index (χ3n) is 6.29. The van der Waals surface area contributed by atoms with Crippen LogP contribution in [0.1, 0.15) is 58.2 Å². The van der Waals surface area contributed by atoms with Crippen LogP contribution in [0.3, 0.4) is 0 Å². The molecule has 0 saturated carbocycles. The van der Waals surface area contributed by atoms with E-state index < -0.39 is 34.4 Å². The van der Waals surface area contributed by atoms with E-state index in [1.807, 2.05) is 20.8 Å². The molecule has 2 aromatic rings. The van der Waals surface area contributed by atoms with Crippen LogP contribution in [-0.2, 0) is 24.3 Å². The van der Waals surface area contributed by atoms with Gasteiger partial charge < -0.3 is 19.5 Å². The van der Waals surface area contributed by atoms with E-state index in [0.29, 0.717) is 31.0 Å². The molecule has 1 unspecified atom stereocenters. The number of rotatable bonds is 11. The molecular formula is C28H38N2O7S. The summed E-state index contributed by atoms with van der Waals surface area (Å²) in [4.78, 5) is 25.8. The van der Waals surface area contributed by atoms with Crippen LogP contribution in [0.15, 0.2) is 65.6 Å². The molecule has 3 rings (SSSR count). The van der Waals surface area contributed by atoms with E-state index in [9.17, 15) is 23.1 Å². The van der Waals surface area contributed by atoms with Crippen molar-refractivity contribution >= 4 is 22.1 Å². The lowest BCUT2D eigenvalue weighted by Gasteiger charge is -2.33. The number of carbonyl (C=O) groups excluding carboxylic acids is 1. The van der Waals surface area contributed by atoms with E-state index in [1.165, 1.54) is 12.1 Å². The molecule has 1 N–H and O–H groups in total. The average Bonchev–Trinajstić information content (AvgIpc) is 2.88. The maximum Gasteiger partial charge on any atom is 0.410 e. The molecule has 38 heavy (non-hydrogen) atoms. The molecule has 1 amide bonds. The summed E-state index contributed by atoms with van der Waals surface area (Å²) in [6.45, 7) is 6.34. The maximum atomic E-state index is 13.5. The SMILES string of the molecule is CC(C)(C)OC(=O)N1CCC(CCCOC(c2ccccc2)N(CC(=O)O)S(=O)(=O)c2ccccc2)CC1. The van der Waals surface area contributed by atoms with Gasteiger partial charge in [-0.2, -0.15) is 4.31 Å². The van der Waals surface area contributed by atoms with Gasteiger partial charge >= 0.3 is 12.1 Å². The fourth-order valence-electron chi connectivity index (χ4n) is 4.42. The summed E-state index contributed by atoms with van der Waals surface area (Å²) in [5.74, 6) is -0.860. The second-order valence-electron chi connectivity index (χ2n) is 10.4. The van der Waals surface area contributed by atoms with Gasteiger partial charge in [-0.1, -0.05) is 48.5 Å². The molecule has 9 nitrogen and oxygen atoms in total. The molecule has 0 bridgehead atoms. The average molecular weight is 547 g/mol. The van der Waals surface area contributed by atoms with Crippen molar-refractivity contribution in [2.24, 2.45) is 5.92 Å². The molecule has 1 atom stereocenters. The Hall–Kier alpha value is -2.95. The lowest BCUT2D eigenvalue weighted by molar-refractivity contribution is -0.140. The summed E-state index contributed by atoms with van der Waals surface area (Å²) in [6, 6.07) is 16.6. The minimum Gasteiger partial charge on any atom is -0.480 e. The fraction of sp³-hybridized carbons (Fsp3) is 0.500. The van der Waals surface area contributed by atoms with E-state index in [2.05, 4.69) is 0 Å². The molecule has 0 aromatic heterocycles. The zero-order valence-corrected chi connectivity index (χ0v) is 23.1. The van der Waals surface area contributed by atoms with Gasteiger partial charge in [-0.3, -0.25) is 4.79 Å². The van der Waals surface area contributed by atoms with Gasteiger partial charge in [0.15, 0.2) is 6.23 Å². The first-order valence-corrected chi connectivity index (χ1v) is 14.3. The molecule has 0 aliphatic carbocycles. The van der Waals surface area contributed by atoms with Crippen molar-refractivity contribution in [3.63, 3.8) is 0 Å². The molecule has 208 valence electrons. The lowest BCUT2D eigenvalue weighted by Crippen LogP contribution is -2.41. The number of likely N-dealkylation sites (tertiary alicyclic amines) is 1. The summed E-state index contributed by atoms with van der Waals surface area (Å²) >= 11 is 0. The molecule has 1 saturated heterocycles. The summed E-state index contributed by atoms with van der Waals surface area (Å²) in [6.07, 6.45) is 1.86. The van der Waals surface area contributed by atoms with Crippen molar-refractivity contribution in [2.75, 3.05) is 26.2 Å². The number of aliphatic carboxylic acids is 1. The number of carbonyl (C=O) groups is 2. The lowest BCUT2D eigenvalue weighted by atomic mass is 9.92. The summed E-state index contributed by atoms with van der Waals surface area (Å²) in [5, 5.41) is 9.56. The first-order valence-electron chi connectivity index (χ1n) is 12.9. The summed E-state index contributed by atoms with van der Waals surface area (Å²) < 4.78 is 39.4. The normalized spacial score (nSPS) is 15.8. The minimum absolute atomic E-state index is 0.00234. The van der Waals surface area contributed by atoms with Crippen LogP contribution in [0.4, 0.5) is 4.79 Å². The number of benzene rings is 2. The predicted molar refractivity (Wildman–Crippen MR) is 143 cm³/mol. The second-order valence-corrected chi connectivity index (χ2v) is 12.3. The topological polar surface area (TPSA) is 113 Å². The van der Waals surface area contributed by atoms with Crippen molar-refractivity contribution in [1.29, 1.82) is 0 Å². The number of hydrogen-bond acceptors (Lipinski definition) is 6. The number of ether oxygens (including phenoxy) is 2. The Morgan fingerprint density at radius 2 is 1.61 bits per heavy atom. The van der Waals surface area contributed by atoms with Crippen LogP contribution in [-0.4, -0.2) is 66.6 Å². The minimum atomic E-state index is -4.15. The van der Waals surface area contributed by atoms with Crippen molar-refractivity contribution < 1.29 is 32.6 Å². The van der Waals surface area contributed by atoms with Crippen LogP contribution in [0.2, 0.25) is 0 Å². The largest absolute Gasteiger partial charge is 0.480 e. The van der Waals surface area contributed by atoms with Crippen molar-refractivity contribution in [2.45, 2.75) is 63.2 Å². The first kappa shape index (κ1) is 29.6. The fourth-order valence-corrected chi connectivity index (χ4v) is 5.90. The Morgan fingerprint density at radius 3 is 2.16 bits per heavy atom. The van der Waals surface area contributed by atoms with E-state index >= 15 is 0 Å². The molecule has 0 radical (unpaired) electrons. The summed E-state index contributed by atoms with van der Waals surface area (Å²) in [7, 11) is -4.15. The van der Waals surface area contributed by atoms with Gasteiger partial charge in [0, 0.05) is 19.7 Å². The standard InChI is InChI=1S/C28H38N2O7S/c1-28(2,3)37-27(33)29-18-16-22(17-19-29)11-10-20-36-26(23-12-6-4-7-13-23)30(21-25(31)32)38(34,35)24-14-8-5-9-15-24/h4-9,12-15,22,26H,10-11,16-21H2,1-3H3,(H,31,32).